The zero-order valence-corrected chi connectivity index (χ0v) is 18.2. The Morgan fingerprint density at radius 3 is 2.35 bits per heavy atom. The number of amides is 1. The summed E-state index contributed by atoms with van der Waals surface area (Å²) >= 11 is 0. The van der Waals surface area contributed by atoms with Crippen LogP contribution in [0.1, 0.15) is 11.6 Å². The Balaban J connectivity index is 1.51. The molecule has 8 heteroatoms. The summed E-state index contributed by atoms with van der Waals surface area (Å²) in [6, 6.07) is 20.8. The van der Waals surface area contributed by atoms with Crippen molar-refractivity contribution in [2.75, 3.05) is 13.7 Å². The molecule has 4 aromatic rings. The van der Waals surface area contributed by atoms with E-state index in [2.05, 4.69) is 5.32 Å². The molecule has 0 radical (unpaired) electrons. The average Bonchev–Trinajstić information content (AvgIpc) is 2.85. The van der Waals surface area contributed by atoms with E-state index in [0.717, 1.165) is 5.56 Å². The fourth-order valence-corrected chi connectivity index (χ4v) is 3.53. The van der Waals surface area contributed by atoms with E-state index >= 15 is 0 Å². The van der Waals surface area contributed by atoms with Gasteiger partial charge in [-0.15, -0.1) is 0 Å². The molecule has 1 atom stereocenters. The molecule has 4 rings (SSSR count). The molecule has 1 aromatic heterocycles. The predicted molar refractivity (Wildman–Crippen MR) is 125 cm³/mol. The van der Waals surface area contributed by atoms with Crippen molar-refractivity contribution in [1.82, 2.24) is 5.32 Å². The second kappa shape index (κ2) is 9.91. The van der Waals surface area contributed by atoms with Crippen molar-refractivity contribution in [2.24, 2.45) is 0 Å². The van der Waals surface area contributed by atoms with Gasteiger partial charge in [-0.25, -0.2) is 9.59 Å². The van der Waals surface area contributed by atoms with Crippen molar-refractivity contribution in [3.05, 3.63) is 94.8 Å². The normalized spacial score (nSPS) is 11.6. The first-order valence-electron chi connectivity index (χ1n) is 10.4. The van der Waals surface area contributed by atoms with Gasteiger partial charge < -0.3 is 24.3 Å². The number of carboxylic acids is 1. The molecule has 0 aliphatic heterocycles. The molecule has 8 nitrogen and oxygen atoms in total. The first-order chi connectivity index (χ1) is 16.4. The van der Waals surface area contributed by atoms with Crippen molar-refractivity contribution in [3.63, 3.8) is 0 Å². The Labute approximate surface area is 194 Å². The standard InChI is InChI=1S/C26H21NO7/c1-32-18-9-7-16(8-10-18)21-14-24(29)34-22-13-19(11-12-20(21)22)33-15-23(28)27-25(26(30)31)17-5-3-2-4-6-17/h2-14,25H,15H2,1H3,(H,27,28)(H,30,31)/t25-/m0/s1. The first-order valence-corrected chi connectivity index (χ1v) is 10.4. The number of benzene rings is 3. The number of fused-ring (bicyclic) bond motifs is 1. The molecule has 0 spiro atoms. The molecule has 0 fully saturated rings. The van der Waals surface area contributed by atoms with Crippen molar-refractivity contribution in [1.29, 1.82) is 0 Å². The fourth-order valence-electron chi connectivity index (χ4n) is 3.53. The van der Waals surface area contributed by atoms with E-state index in [-0.39, 0.29) is 0 Å². The van der Waals surface area contributed by atoms with Crippen LogP contribution in [0.3, 0.4) is 0 Å². The molecule has 34 heavy (non-hydrogen) atoms. The molecule has 0 unspecified atom stereocenters. The second-order valence-corrected chi connectivity index (χ2v) is 7.40. The smallest absolute Gasteiger partial charge is 0.336 e. The van der Waals surface area contributed by atoms with Crippen molar-refractivity contribution in [3.8, 4) is 22.6 Å². The monoisotopic (exact) mass is 459 g/mol. The molecule has 1 amide bonds. The van der Waals surface area contributed by atoms with Crippen LogP contribution in [0.15, 0.2) is 88.1 Å². The van der Waals surface area contributed by atoms with Crippen LogP contribution in [0.4, 0.5) is 0 Å². The number of hydrogen-bond donors (Lipinski definition) is 2. The lowest BCUT2D eigenvalue weighted by Gasteiger charge is -2.15. The molecule has 2 N–H and O–H groups in total. The minimum atomic E-state index is -1.20. The van der Waals surface area contributed by atoms with Crippen LogP contribution in [0, 0.1) is 0 Å². The summed E-state index contributed by atoms with van der Waals surface area (Å²) in [5.74, 6) is -0.797. The van der Waals surface area contributed by atoms with Crippen molar-refractivity contribution in [2.45, 2.75) is 6.04 Å². The van der Waals surface area contributed by atoms with Gasteiger partial charge in [-0.2, -0.15) is 0 Å². The van der Waals surface area contributed by atoms with Gasteiger partial charge in [-0.1, -0.05) is 42.5 Å². The third-order valence-electron chi connectivity index (χ3n) is 5.17. The summed E-state index contributed by atoms with van der Waals surface area (Å²) in [6.45, 7) is -0.412. The highest BCUT2D eigenvalue weighted by molar-refractivity contribution is 5.94. The number of rotatable bonds is 8. The van der Waals surface area contributed by atoms with Gasteiger partial charge in [0.2, 0.25) is 0 Å². The zero-order valence-electron chi connectivity index (χ0n) is 18.2. The summed E-state index contributed by atoms with van der Waals surface area (Å²) < 4.78 is 16.0. The molecule has 1 heterocycles. The SMILES string of the molecule is COc1ccc(-c2cc(=O)oc3cc(OCC(=O)N[C@H](C(=O)O)c4ccccc4)ccc23)cc1. The molecule has 172 valence electrons. The number of carbonyl (C=O) groups is 2. The van der Waals surface area contributed by atoms with Gasteiger partial charge in [0.05, 0.1) is 7.11 Å². The first kappa shape index (κ1) is 22.6. The lowest BCUT2D eigenvalue weighted by atomic mass is 10.0. The Morgan fingerprint density at radius 1 is 0.971 bits per heavy atom. The molecule has 0 aliphatic rings. The topological polar surface area (TPSA) is 115 Å². The minimum Gasteiger partial charge on any atom is -0.497 e. The summed E-state index contributed by atoms with van der Waals surface area (Å²) in [4.78, 5) is 36.0. The summed E-state index contributed by atoms with van der Waals surface area (Å²) in [6.07, 6.45) is 0. The van der Waals surface area contributed by atoms with Crippen molar-refractivity contribution >= 4 is 22.8 Å². The highest BCUT2D eigenvalue weighted by Gasteiger charge is 2.22. The summed E-state index contributed by atoms with van der Waals surface area (Å²) in [5.41, 5.74) is 1.71. The number of methoxy groups -OCH3 is 1. The molecule has 0 saturated carbocycles. The maximum Gasteiger partial charge on any atom is 0.336 e. The highest BCUT2D eigenvalue weighted by Crippen LogP contribution is 2.30. The van der Waals surface area contributed by atoms with E-state index in [1.165, 1.54) is 12.1 Å². The lowest BCUT2D eigenvalue weighted by molar-refractivity contribution is -0.142. The lowest BCUT2D eigenvalue weighted by Crippen LogP contribution is -2.36. The molecular formula is C26H21NO7. The molecule has 0 saturated heterocycles. The number of aliphatic carboxylic acids is 1. The fraction of sp³-hybridized carbons (Fsp3) is 0.115. The van der Waals surface area contributed by atoms with Crippen LogP contribution in [-0.2, 0) is 9.59 Å². The Hall–Kier alpha value is -4.59. The van der Waals surface area contributed by atoms with E-state index in [9.17, 15) is 19.5 Å². The Bertz CT molecular complexity index is 1380. The number of carbonyl (C=O) groups excluding carboxylic acids is 1. The molecule has 3 aromatic carbocycles. The van der Waals surface area contributed by atoms with Crippen LogP contribution >= 0.6 is 0 Å². The maximum absolute atomic E-state index is 12.3. The number of carboxylic acid groups (broad SMARTS) is 1. The summed E-state index contributed by atoms with van der Waals surface area (Å²) in [7, 11) is 1.58. The molecular weight excluding hydrogens is 438 g/mol. The number of hydrogen-bond acceptors (Lipinski definition) is 6. The van der Waals surface area contributed by atoms with E-state index in [1.807, 2.05) is 12.1 Å². The van der Waals surface area contributed by atoms with Crippen molar-refractivity contribution < 1.29 is 28.6 Å². The van der Waals surface area contributed by atoms with Gasteiger partial charge >= 0.3 is 11.6 Å². The van der Waals surface area contributed by atoms with Crippen LogP contribution in [-0.4, -0.2) is 30.7 Å². The average molecular weight is 459 g/mol. The maximum atomic E-state index is 12.3. The van der Waals surface area contributed by atoms with Gasteiger partial charge in [0.25, 0.3) is 5.91 Å². The van der Waals surface area contributed by atoms with Crippen LogP contribution in [0.2, 0.25) is 0 Å². The third-order valence-corrected chi connectivity index (χ3v) is 5.17. The molecule has 0 aliphatic carbocycles. The van der Waals surface area contributed by atoms with Gasteiger partial charge in [-0.3, -0.25) is 4.79 Å². The van der Waals surface area contributed by atoms with Gasteiger partial charge in [-0.05, 0) is 41.0 Å². The Morgan fingerprint density at radius 2 is 1.68 bits per heavy atom. The zero-order chi connectivity index (χ0) is 24.1. The van der Waals surface area contributed by atoms with Crippen LogP contribution in [0.5, 0.6) is 11.5 Å². The number of nitrogens with one attached hydrogen (secondary N) is 1. The number of ether oxygens (including phenoxy) is 2. The highest BCUT2D eigenvalue weighted by atomic mass is 16.5. The van der Waals surface area contributed by atoms with Crippen LogP contribution < -0.4 is 20.4 Å². The van der Waals surface area contributed by atoms with Gasteiger partial charge in [0.1, 0.15) is 17.1 Å². The third kappa shape index (κ3) is 5.07. The largest absolute Gasteiger partial charge is 0.497 e. The Kier molecular flexibility index (Phi) is 6.59. The van der Waals surface area contributed by atoms with E-state index < -0.39 is 30.2 Å². The van der Waals surface area contributed by atoms with E-state index in [4.69, 9.17) is 13.9 Å². The van der Waals surface area contributed by atoms with Crippen LogP contribution in [0.25, 0.3) is 22.1 Å². The predicted octanol–water partition coefficient (Wildman–Crippen LogP) is 3.79. The summed E-state index contributed by atoms with van der Waals surface area (Å²) in [5, 5.41) is 12.6. The minimum absolute atomic E-state index is 0.295. The second-order valence-electron chi connectivity index (χ2n) is 7.40. The van der Waals surface area contributed by atoms with Gasteiger partial charge in [0, 0.05) is 17.5 Å². The van der Waals surface area contributed by atoms with E-state index in [0.29, 0.717) is 33.6 Å². The van der Waals surface area contributed by atoms with Gasteiger partial charge in [0.15, 0.2) is 12.6 Å². The van der Waals surface area contributed by atoms with E-state index in [1.54, 1.807) is 61.7 Å². The molecule has 0 bridgehead atoms. The quantitative estimate of drug-likeness (QED) is 0.385.